The van der Waals surface area contributed by atoms with Gasteiger partial charge in [0, 0.05) is 0 Å². The molecule has 0 aliphatic rings. The van der Waals surface area contributed by atoms with Crippen molar-refractivity contribution in [1.29, 1.82) is 0 Å². The summed E-state index contributed by atoms with van der Waals surface area (Å²) in [5, 5.41) is -1.37. The van der Waals surface area contributed by atoms with Crippen LogP contribution in [0.2, 0.25) is 0 Å². The maximum absolute atomic E-state index is 10.8. The molecule has 12 heavy (non-hydrogen) atoms. The Kier molecular flexibility index (Phi) is 5.28. The average molecular weight is 199 g/mol. The van der Waals surface area contributed by atoms with Crippen LogP contribution in [0.3, 0.4) is 0 Å². The molecule has 0 bridgehead atoms. The first kappa shape index (κ1) is 14.6. The normalized spacial score (nSPS) is 16.9. The van der Waals surface area contributed by atoms with Crippen LogP contribution in [0.4, 0.5) is 0 Å². The van der Waals surface area contributed by atoms with Gasteiger partial charge < -0.3 is 21.0 Å². The Morgan fingerprint density at radius 3 is 1.92 bits per heavy atom. The molecule has 0 amide bonds. The number of rotatable bonds is 3. The molecule has 0 aromatic carbocycles. The Balaban J connectivity index is 0. The van der Waals surface area contributed by atoms with Crippen LogP contribution in [-0.2, 0) is 4.57 Å². The number of nitrogens with two attached hydrogens (primary N) is 1. The van der Waals surface area contributed by atoms with E-state index >= 15 is 0 Å². The van der Waals surface area contributed by atoms with Crippen molar-refractivity contribution in [3.63, 3.8) is 0 Å². The van der Waals surface area contributed by atoms with E-state index in [4.69, 9.17) is 15.5 Å². The van der Waals surface area contributed by atoms with Crippen LogP contribution < -0.4 is 5.73 Å². The molecule has 0 aliphatic carbocycles. The van der Waals surface area contributed by atoms with Gasteiger partial charge in [0.1, 0.15) is 5.28 Å². The van der Waals surface area contributed by atoms with Gasteiger partial charge in [0.2, 0.25) is 0 Å². The fraction of sp³-hybridized carbons (Fsp3) is 1.00. The molecular formula is C6H18NO4P. The predicted molar refractivity (Wildman–Crippen MR) is 47.7 cm³/mol. The van der Waals surface area contributed by atoms with Gasteiger partial charge in [0.25, 0.3) is 0 Å². The average Bonchev–Trinajstić information content (AvgIpc) is 1.56. The summed E-state index contributed by atoms with van der Waals surface area (Å²) in [5.74, 6) is 0.192. The molecule has 0 saturated heterocycles. The van der Waals surface area contributed by atoms with Crippen LogP contribution in [0.15, 0.2) is 0 Å². The molecule has 76 valence electrons. The Bertz CT molecular complexity index is 174. The molecule has 0 spiro atoms. The van der Waals surface area contributed by atoms with Gasteiger partial charge in [-0.1, -0.05) is 13.8 Å². The lowest BCUT2D eigenvalue weighted by molar-refractivity contribution is 0.311. The lowest BCUT2D eigenvalue weighted by Gasteiger charge is -2.27. The second kappa shape index (κ2) is 4.35. The SMILES string of the molecule is CC(C)CC(C)(N)P(=O)(O)O.O. The molecule has 0 aromatic rings. The Hall–Kier alpha value is 0.0700. The van der Waals surface area contributed by atoms with Crippen molar-refractivity contribution in [2.75, 3.05) is 0 Å². The first-order chi connectivity index (χ1) is 4.67. The van der Waals surface area contributed by atoms with E-state index in [0.717, 1.165) is 0 Å². The first-order valence-electron chi connectivity index (χ1n) is 3.51. The fourth-order valence-electron chi connectivity index (χ4n) is 0.945. The highest BCUT2D eigenvalue weighted by Gasteiger charge is 2.38. The van der Waals surface area contributed by atoms with Crippen molar-refractivity contribution in [2.24, 2.45) is 11.7 Å². The summed E-state index contributed by atoms with van der Waals surface area (Å²) in [5.41, 5.74) is 5.43. The topological polar surface area (TPSA) is 115 Å². The molecule has 6 heteroatoms. The zero-order valence-electron chi connectivity index (χ0n) is 7.61. The van der Waals surface area contributed by atoms with Crippen molar-refractivity contribution in [1.82, 2.24) is 0 Å². The zero-order chi connectivity index (χ0) is 9.28. The number of hydrogen-bond acceptors (Lipinski definition) is 2. The second-order valence-corrected chi connectivity index (χ2v) is 5.61. The van der Waals surface area contributed by atoms with Crippen LogP contribution in [0.1, 0.15) is 27.2 Å². The predicted octanol–water partition coefficient (Wildman–Crippen LogP) is 0.0604. The van der Waals surface area contributed by atoms with Gasteiger partial charge in [0.05, 0.1) is 0 Å². The standard InChI is InChI=1S/C6H16NO3P.H2O/c1-5(2)4-6(3,7)11(8,9)10;/h5H,4,7H2,1-3H3,(H2,8,9,10);1H2. The summed E-state index contributed by atoms with van der Waals surface area (Å²) < 4.78 is 10.8. The molecule has 1 atom stereocenters. The molecular weight excluding hydrogens is 181 g/mol. The molecule has 0 radical (unpaired) electrons. The summed E-state index contributed by atoms with van der Waals surface area (Å²) >= 11 is 0. The van der Waals surface area contributed by atoms with E-state index in [1.165, 1.54) is 6.92 Å². The monoisotopic (exact) mass is 199 g/mol. The minimum Gasteiger partial charge on any atom is -0.412 e. The largest absolute Gasteiger partial charge is 0.412 e. The lowest BCUT2D eigenvalue weighted by atomic mass is 10.1. The zero-order valence-corrected chi connectivity index (χ0v) is 8.51. The molecule has 0 aliphatic heterocycles. The first-order valence-corrected chi connectivity index (χ1v) is 5.12. The quantitative estimate of drug-likeness (QED) is 0.557. The van der Waals surface area contributed by atoms with E-state index in [0.29, 0.717) is 6.42 Å². The van der Waals surface area contributed by atoms with E-state index in [1.807, 2.05) is 13.8 Å². The van der Waals surface area contributed by atoms with Crippen LogP contribution in [0, 0.1) is 5.92 Å². The highest BCUT2D eigenvalue weighted by Crippen LogP contribution is 2.49. The van der Waals surface area contributed by atoms with Crippen molar-refractivity contribution >= 4 is 7.60 Å². The summed E-state index contributed by atoms with van der Waals surface area (Å²) in [6.07, 6.45) is 0.331. The smallest absolute Gasteiger partial charge is 0.344 e. The molecule has 0 saturated carbocycles. The van der Waals surface area contributed by atoms with Gasteiger partial charge in [-0.25, -0.2) is 0 Å². The Morgan fingerprint density at radius 1 is 1.50 bits per heavy atom. The van der Waals surface area contributed by atoms with Gasteiger partial charge >= 0.3 is 7.60 Å². The third kappa shape index (κ3) is 4.18. The van der Waals surface area contributed by atoms with Crippen LogP contribution >= 0.6 is 7.60 Å². The molecule has 1 unspecified atom stereocenters. The second-order valence-electron chi connectivity index (χ2n) is 3.50. The summed E-state index contributed by atoms with van der Waals surface area (Å²) in [6.45, 7) is 5.13. The van der Waals surface area contributed by atoms with Crippen LogP contribution in [-0.4, -0.2) is 20.5 Å². The molecule has 0 fully saturated rings. The molecule has 0 heterocycles. The maximum atomic E-state index is 10.8. The van der Waals surface area contributed by atoms with Gasteiger partial charge in [-0.2, -0.15) is 0 Å². The highest BCUT2D eigenvalue weighted by atomic mass is 31.2. The lowest BCUT2D eigenvalue weighted by Crippen LogP contribution is -2.37. The minimum absolute atomic E-state index is 0. The third-order valence-electron chi connectivity index (χ3n) is 1.49. The van der Waals surface area contributed by atoms with Crippen molar-refractivity contribution in [3.8, 4) is 0 Å². The van der Waals surface area contributed by atoms with Crippen molar-refractivity contribution < 1.29 is 19.8 Å². The fourth-order valence-corrected chi connectivity index (χ4v) is 1.55. The number of hydrogen-bond donors (Lipinski definition) is 3. The van der Waals surface area contributed by atoms with E-state index < -0.39 is 12.9 Å². The van der Waals surface area contributed by atoms with E-state index in [9.17, 15) is 4.57 Å². The highest BCUT2D eigenvalue weighted by molar-refractivity contribution is 7.53. The van der Waals surface area contributed by atoms with Gasteiger partial charge in [-0.3, -0.25) is 4.57 Å². The van der Waals surface area contributed by atoms with Crippen molar-refractivity contribution in [3.05, 3.63) is 0 Å². The van der Waals surface area contributed by atoms with Gasteiger partial charge in [0.15, 0.2) is 0 Å². The van der Waals surface area contributed by atoms with Crippen molar-refractivity contribution in [2.45, 2.75) is 32.5 Å². The summed E-state index contributed by atoms with van der Waals surface area (Å²) in [7, 11) is -4.14. The molecule has 0 rings (SSSR count). The van der Waals surface area contributed by atoms with Crippen LogP contribution in [0.25, 0.3) is 0 Å². The third-order valence-corrected chi connectivity index (χ3v) is 3.00. The molecule has 5 nitrogen and oxygen atoms in total. The van der Waals surface area contributed by atoms with Gasteiger partial charge in [-0.05, 0) is 19.3 Å². The maximum Gasteiger partial charge on any atom is 0.344 e. The summed E-state index contributed by atoms with van der Waals surface area (Å²) in [4.78, 5) is 17.6. The molecule has 0 aromatic heterocycles. The van der Waals surface area contributed by atoms with E-state index in [2.05, 4.69) is 0 Å². The Morgan fingerprint density at radius 2 is 1.83 bits per heavy atom. The molecule has 6 N–H and O–H groups in total. The van der Waals surface area contributed by atoms with Gasteiger partial charge in [-0.15, -0.1) is 0 Å². The van der Waals surface area contributed by atoms with E-state index in [1.54, 1.807) is 0 Å². The summed E-state index contributed by atoms with van der Waals surface area (Å²) in [6, 6.07) is 0. The Labute approximate surface area is 72.4 Å². The van der Waals surface area contributed by atoms with E-state index in [-0.39, 0.29) is 11.4 Å². The van der Waals surface area contributed by atoms with Crippen LogP contribution in [0.5, 0.6) is 0 Å². The minimum atomic E-state index is -4.14.